The van der Waals surface area contributed by atoms with E-state index in [1.54, 1.807) is 62.4 Å². The number of allylic oxidation sites excluding steroid dienone is 1. The largest absolute Gasteiger partial charge is 0.497 e. The number of nitro benzene ring substituents is 1. The monoisotopic (exact) mass is 615 g/mol. The Balaban J connectivity index is 1.50. The van der Waals surface area contributed by atoms with Gasteiger partial charge in [-0.15, -0.1) is 0 Å². The van der Waals surface area contributed by atoms with Crippen molar-refractivity contribution in [1.29, 1.82) is 0 Å². The van der Waals surface area contributed by atoms with Crippen molar-refractivity contribution in [1.82, 2.24) is 4.57 Å². The van der Waals surface area contributed by atoms with Crippen LogP contribution < -0.4 is 29.1 Å². The third-order valence-electron chi connectivity index (χ3n) is 6.98. The second-order valence-electron chi connectivity index (χ2n) is 9.69. The first-order valence-electron chi connectivity index (χ1n) is 13.6. The van der Waals surface area contributed by atoms with Gasteiger partial charge in [0.05, 0.1) is 41.6 Å². The molecule has 226 valence electrons. The average Bonchev–Trinajstić information content (AvgIpc) is 3.33. The van der Waals surface area contributed by atoms with E-state index >= 15 is 0 Å². The maximum absolute atomic E-state index is 13.9. The van der Waals surface area contributed by atoms with Crippen LogP contribution in [0.25, 0.3) is 6.08 Å². The van der Waals surface area contributed by atoms with Crippen molar-refractivity contribution in [2.75, 3.05) is 20.8 Å². The maximum atomic E-state index is 13.9. The molecule has 3 aromatic carbocycles. The summed E-state index contributed by atoms with van der Waals surface area (Å²) in [7, 11) is 3.06. The second kappa shape index (κ2) is 13.0. The van der Waals surface area contributed by atoms with Gasteiger partial charge in [-0.3, -0.25) is 19.5 Å². The van der Waals surface area contributed by atoms with E-state index in [0.717, 1.165) is 11.1 Å². The number of nitrogens with zero attached hydrogens (tertiary/aromatic N) is 3. The molecule has 0 spiro atoms. The maximum Gasteiger partial charge on any atom is 0.338 e. The van der Waals surface area contributed by atoms with Crippen LogP contribution in [0.1, 0.15) is 36.6 Å². The Hall–Kier alpha value is -5.23. The van der Waals surface area contributed by atoms with Gasteiger partial charge >= 0.3 is 5.97 Å². The summed E-state index contributed by atoms with van der Waals surface area (Å²) in [5.74, 6) is 1.05. The van der Waals surface area contributed by atoms with Crippen LogP contribution >= 0.6 is 11.3 Å². The molecule has 0 N–H and O–H groups in total. The Labute approximate surface area is 256 Å². The number of carbonyl (C=O) groups is 1. The van der Waals surface area contributed by atoms with E-state index < -0.39 is 16.9 Å². The molecule has 5 rings (SSSR count). The predicted molar refractivity (Wildman–Crippen MR) is 164 cm³/mol. The van der Waals surface area contributed by atoms with Crippen molar-refractivity contribution in [3.05, 3.63) is 124 Å². The summed E-state index contributed by atoms with van der Waals surface area (Å²) >= 11 is 1.22. The molecule has 4 aromatic rings. The third-order valence-corrected chi connectivity index (χ3v) is 7.96. The summed E-state index contributed by atoms with van der Waals surface area (Å²) < 4.78 is 24.2. The highest BCUT2D eigenvalue weighted by Crippen LogP contribution is 2.37. The molecular formula is C32H29N3O8S. The Morgan fingerprint density at radius 3 is 2.39 bits per heavy atom. The van der Waals surface area contributed by atoms with Crippen LogP contribution in [0, 0.1) is 10.1 Å². The Kier molecular flexibility index (Phi) is 8.91. The number of esters is 1. The van der Waals surface area contributed by atoms with Crippen molar-refractivity contribution in [2.45, 2.75) is 26.5 Å². The van der Waals surface area contributed by atoms with Gasteiger partial charge in [0, 0.05) is 17.7 Å². The summed E-state index contributed by atoms with van der Waals surface area (Å²) in [6.45, 7) is 3.84. The van der Waals surface area contributed by atoms with Crippen molar-refractivity contribution in [3.63, 3.8) is 0 Å². The smallest absolute Gasteiger partial charge is 0.338 e. The van der Waals surface area contributed by atoms with Crippen molar-refractivity contribution < 1.29 is 28.7 Å². The van der Waals surface area contributed by atoms with Gasteiger partial charge in [-0.05, 0) is 73.5 Å². The molecule has 0 saturated heterocycles. The second-order valence-corrected chi connectivity index (χ2v) is 10.7. The van der Waals surface area contributed by atoms with Crippen LogP contribution in [0.2, 0.25) is 0 Å². The zero-order valence-electron chi connectivity index (χ0n) is 24.4. The van der Waals surface area contributed by atoms with Gasteiger partial charge in [0.1, 0.15) is 29.9 Å². The molecule has 11 nitrogen and oxygen atoms in total. The number of fused-ring (bicyclic) bond motifs is 1. The summed E-state index contributed by atoms with van der Waals surface area (Å²) in [6, 6.07) is 17.7. The van der Waals surface area contributed by atoms with Crippen LogP contribution in [0.4, 0.5) is 5.69 Å². The van der Waals surface area contributed by atoms with E-state index in [0.29, 0.717) is 37.8 Å². The van der Waals surface area contributed by atoms with E-state index in [9.17, 15) is 19.7 Å². The van der Waals surface area contributed by atoms with Gasteiger partial charge in [-0.1, -0.05) is 23.5 Å². The number of carbonyl (C=O) groups excluding carboxylic acids is 1. The minimum Gasteiger partial charge on any atom is -0.497 e. The van der Waals surface area contributed by atoms with E-state index in [2.05, 4.69) is 4.99 Å². The summed E-state index contributed by atoms with van der Waals surface area (Å²) in [4.78, 5) is 42.6. The lowest BCUT2D eigenvalue weighted by Gasteiger charge is -2.26. The fourth-order valence-corrected chi connectivity index (χ4v) is 5.88. The zero-order chi connectivity index (χ0) is 31.4. The molecule has 0 unspecified atom stereocenters. The number of thiazole rings is 1. The van der Waals surface area contributed by atoms with Crippen LogP contribution in [-0.4, -0.2) is 36.3 Å². The van der Waals surface area contributed by atoms with Crippen LogP contribution in [0.3, 0.4) is 0 Å². The first-order chi connectivity index (χ1) is 21.2. The predicted octanol–water partition coefficient (Wildman–Crippen LogP) is 4.30. The fraction of sp³-hybridized carbons (Fsp3) is 0.219. The van der Waals surface area contributed by atoms with Crippen molar-refractivity contribution in [2.24, 2.45) is 4.99 Å². The van der Waals surface area contributed by atoms with Crippen molar-refractivity contribution in [3.8, 4) is 17.2 Å². The van der Waals surface area contributed by atoms with Crippen molar-refractivity contribution >= 4 is 29.1 Å². The number of hydrogen-bond acceptors (Lipinski definition) is 10. The molecule has 12 heteroatoms. The van der Waals surface area contributed by atoms with Crippen LogP contribution in [0.5, 0.6) is 17.2 Å². The zero-order valence-corrected chi connectivity index (χ0v) is 25.3. The first kappa shape index (κ1) is 30.2. The van der Waals surface area contributed by atoms with Gasteiger partial charge in [0.2, 0.25) is 0 Å². The number of benzene rings is 3. The van der Waals surface area contributed by atoms with Gasteiger partial charge in [0.15, 0.2) is 4.80 Å². The van der Waals surface area contributed by atoms with E-state index in [1.165, 1.54) is 42.3 Å². The Morgan fingerprint density at radius 1 is 1.05 bits per heavy atom. The van der Waals surface area contributed by atoms with Crippen LogP contribution in [-0.2, 0) is 16.1 Å². The molecule has 44 heavy (non-hydrogen) atoms. The quantitative estimate of drug-likeness (QED) is 0.147. The molecule has 1 aromatic heterocycles. The Bertz CT molecular complexity index is 1930. The van der Waals surface area contributed by atoms with Gasteiger partial charge < -0.3 is 18.9 Å². The lowest BCUT2D eigenvalue weighted by Crippen LogP contribution is -2.40. The molecule has 1 aliphatic heterocycles. The number of ether oxygens (including phenoxy) is 4. The number of methoxy groups -OCH3 is 2. The topological polar surface area (TPSA) is 131 Å². The molecule has 0 bridgehead atoms. The average molecular weight is 616 g/mol. The summed E-state index contributed by atoms with van der Waals surface area (Å²) in [6.07, 6.45) is 1.76. The number of nitro groups is 1. The lowest BCUT2D eigenvalue weighted by molar-refractivity contribution is -0.384. The minimum absolute atomic E-state index is 0.0182. The van der Waals surface area contributed by atoms with Crippen LogP contribution in [0.15, 0.2) is 87.8 Å². The lowest BCUT2D eigenvalue weighted by atomic mass is 9.94. The number of hydrogen-bond donors (Lipinski definition) is 0. The highest BCUT2D eigenvalue weighted by molar-refractivity contribution is 7.07. The first-order valence-corrected chi connectivity index (χ1v) is 14.4. The molecule has 0 saturated carbocycles. The molecular weight excluding hydrogens is 586 g/mol. The SMILES string of the molecule is CCOC(=O)C1=C(C)N=c2s/c(=C\c3ccc(OCc4ccc([N+](=O)[O-])cc4)cc3)c(=O)n2[C@H]1c1cc(OC)ccc1OC. The normalized spacial score (nSPS) is 14.5. The molecule has 0 aliphatic carbocycles. The summed E-state index contributed by atoms with van der Waals surface area (Å²) in [5.41, 5.74) is 2.50. The molecule has 0 fully saturated rings. The molecule has 1 atom stereocenters. The van der Waals surface area contributed by atoms with E-state index in [1.807, 2.05) is 12.1 Å². The number of non-ortho nitro benzene ring substituents is 1. The fourth-order valence-electron chi connectivity index (χ4n) is 4.83. The molecule has 0 amide bonds. The van der Waals surface area contributed by atoms with Gasteiger partial charge in [-0.25, -0.2) is 9.79 Å². The molecule has 2 heterocycles. The highest BCUT2D eigenvalue weighted by atomic mass is 32.1. The third kappa shape index (κ3) is 6.11. The van der Waals surface area contributed by atoms with Gasteiger partial charge in [-0.2, -0.15) is 0 Å². The molecule has 1 aliphatic rings. The Morgan fingerprint density at radius 2 is 1.75 bits per heavy atom. The molecule has 0 radical (unpaired) electrons. The minimum atomic E-state index is -0.854. The summed E-state index contributed by atoms with van der Waals surface area (Å²) in [5, 5.41) is 10.9. The number of rotatable bonds is 10. The van der Waals surface area contributed by atoms with E-state index in [-0.39, 0.29) is 30.0 Å². The van der Waals surface area contributed by atoms with E-state index in [4.69, 9.17) is 18.9 Å². The standard InChI is InChI=1S/C32H29N3O8S/c1-5-42-31(37)28-19(2)33-32-34(29(28)25-17-24(40-3)14-15-26(25)41-4)30(36)27(44-32)16-20-8-12-23(13-9-20)43-18-21-6-10-22(11-7-21)35(38)39/h6-17,29H,5,18H2,1-4H3/b27-16-/t29-/m0/s1. The highest BCUT2D eigenvalue weighted by Gasteiger charge is 2.35. The van der Waals surface area contributed by atoms with Gasteiger partial charge in [0.25, 0.3) is 11.2 Å². The number of aromatic nitrogens is 1.